The van der Waals surface area contributed by atoms with Crippen LogP contribution in [-0.2, 0) is 14.9 Å². The SMILES string of the molecule is COc1cc(OC)c(C(=O)OCC(=O)Nc2cc(C(C)(C)C)no2)cc1OC. The van der Waals surface area contributed by atoms with Crippen LogP contribution in [0.2, 0.25) is 0 Å². The Morgan fingerprint density at radius 3 is 2.14 bits per heavy atom. The van der Waals surface area contributed by atoms with E-state index in [0.29, 0.717) is 17.2 Å². The molecule has 28 heavy (non-hydrogen) atoms. The summed E-state index contributed by atoms with van der Waals surface area (Å²) < 4.78 is 25.7. The van der Waals surface area contributed by atoms with E-state index in [1.165, 1.54) is 33.5 Å². The first-order valence-corrected chi connectivity index (χ1v) is 8.43. The highest BCUT2D eigenvalue weighted by molar-refractivity contribution is 5.97. The Balaban J connectivity index is 2.03. The Morgan fingerprint density at radius 1 is 1.00 bits per heavy atom. The number of nitrogens with one attached hydrogen (secondary N) is 1. The highest BCUT2D eigenvalue weighted by Gasteiger charge is 2.22. The molecule has 1 N–H and O–H groups in total. The lowest BCUT2D eigenvalue weighted by Gasteiger charge is -2.13. The number of carbonyl (C=O) groups excluding carboxylic acids is 2. The molecule has 0 aliphatic rings. The molecular weight excluding hydrogens is 368 g/mol. The van der Waals surface area contributed by atoms with Crippen molar-refractivity contribution in [2.75, 3.05) is 33.3 Å². The van der Waals surface area contributed by atoms with Gasteiger partial charge in [-0.15, -0.1) is 0 Å². The van der Waals surface area contributed by atoms with Crippen LogP contribution in [-0.4, -0.2) is 45.0 Å². The normalized spacial score (nSPS) is 10.9. The molecule has 0 unspecified atom stereocenters. The fraction of sp³-hybridized carbons (Fsp3) is 0.421. The third-order valence-corrected chi connectivity index (χ3v) is 3.80. The van der Waals surface area contributed by atoms with E-state index in [2.05, 4.69) is 10.5 Å². The van der Waals surface area contributed by atoms with Crippen LogP contribution >= 0.6 is 0 Å². The molecule has 0 aliphatic heterocycles. The second-order valence-corrected chi connectivity index (χ2v) is 6.86. The average Bonchev–Trinajstić information content (AvgIpc) is 3.13. The molecule has 0 atom stereocenters. The molecule has 9 nitrogen and oxygen atoms in total. The van der Waals surface area contributed by atoms with E-state index in [1.54, 1.807) is 6.07 Å². The van der Waals surface area contributed by atoms with Crippen molar-refractivity contribution in [2.24, 2.45) is 0 Å². The Morgan fingerprint density at radius 2 is 1.61 bits per heavy atom. The summed E-state index contributed by atoms with van der Waals surface area (Å²) in [6.07, 6.45) is 0. The van der Waals surface area contributed by atoms with E-state index in [4.69, 9.17) is 23.5 Å². The Bertz CT molecular complexity index is 852. The third kappa shape index (κ3) is 4.93. The molecule has 1 aromatic heterocycles. The molecule has 1 aromatic carbocycles. The van der Waals surface area contributed by atoms with Crippen LogP contribution < -0.4 is 19.5 Å². The highest BCUT2D eigenvalue weighted by atomic mass is 16.5. The molecule has 0 bridgehead atoms. The number of rotatable bonds is 7. The number of ether oxygens (including phenoxy) is 4. The van der Waals surface area contributed by atoms with E-state index < -0.39 is 18.5 Å². The maximum absolute atomic E-state index is 12.4. The number of benzene rings is 1. The fourth-order valence-electron chi connectivity index (χ4n) is 2.26. The van der Waals surface area contributed by atoms with E-state index in [-0.39, 0.29) is 22.6 Å². The quantitative estimate of drug-likeness (QED) is 0.717. The molecule has 0 fully saturated rings. The zero-order chi connectivity index (χ0) is 20.9. The van der Waals surface area contributed by atoms with Crippen LogP contribution in [0.25, 0.3) is 0 Å². The molecule has 2 rings (SSSR count). The fourth-order valence-corrected chi connectivity index (χ4v) is 2.26. The lowest BCUT2D eigenvalue weighted by molar-refractivity contribution is -0.119. The monoisotopic (exact) mass is 392 g/mol. The molecule has 1 heterocycles. The van der Waals surface area contributed by atoms with Crippen LogP contribution in [0.3, 0.4) is 0 Å². The maximum atomic E-state index is 12.4. The minimum absolute atomic E-state index is 0.0997. The molecule has 0 radical (unpaired) electrons. The van der Waals surface area contributed by atoms with Gasteiger partial charge in [0.05, 0.1) is 27.0 Å². The molecular formula is C19H24N2O7. The largest absolute Gasteiger partial charge is 0.496 e. The Hall–Kier alpha value is -3.23. The molecule has 0 aliphatic carbocycles. The third-order valence-electron chi connectivity index (χ3n) is 3.80. The summed E-state index contributed by atoms with van der Waals surface area (Å²) in [5, 5.41) is 6.39. The van der Waals surface area contributed by atoms with Gasteiger partial charge < -0.3 is 23.5 Å². The summed E-state index contributed by atoms with van der Waals surface area (Å²) in [5.74, 6) is -0.183. The van der Waals surface area contributed by atoms with Crippen LogP contribution in [0.5, 0.6) is 17.2 Å². The first-order chi connectivity index (χ1) is 13.2. The van der Waals surface area contributed by atoms with Crippen molar-refractivity contribution in [3.8, 4) is 17.2 Å². The smallest absolute Gasteiger partial charge is 0.342 e. The van der Waals surface area contributed by atoms with Crippen LogP contribution in [0, 0.1) is 0 Å². The predicted molar refractivity (Wildman–Crippen MR) is 100 cm³/mol. The summed E-state index contributed by atoms with van der Waals surface area (Å²) in [4.78, 5) is 24.4. The second kappa shape index (κ2) is 8.64. The van der Waals surface area contributed by atoms with Gasteiger partial charge in [-0.05, 0) is 0 Å². The minimum Gasteiger partial charge on any atom is -0.496 e. The summed E-state index contributed by atoms with van der Waals surface area (Å²) in [7, 11) is 4.31. The zero-order valence-electron chi connectivity index (χ0n) is 16.7. The number of anilines is 1. The van der Waals surface area contributed by atoms with Crippen molar-refractivity contribution in [1.82, 2.24) is 5.16 Å². The van der Waals surface area contributed by atoms with Crippen molar-refractivity contribution < 1.29 is 33.1 Å². The summed E-state index contributed by atoms with van der Waals surface area (Å²) in [6.45, 7) is 5.39. The zero-order valence-corrected chi connectivity index (χ0v) is 16.7. The van der Waals surface area contributed by atoms with Crippen LogP contribution in [0.1, 0.15) is 36.8 Å². The molecule has 0 spiro atoms. The Kier molecular flexibility index (Phi) is 6.50. The van der Waals surface area contributed by atoms with Gasteiger partial charge in [-0.2, -0.15) is 0 Å². The van der Waals surface area contributed by atoms with Crippen molar-refractivity contribution in [3.63, 3.8) is 0 Å². The van der Waals surface area contributed by atoms with Gasteiger partial charge >= 0.3 is 5.97 Å². The minimum atomic E-state index is -0.749. The number of esters is 1. The van der Waals surface area contributed by atoms with E-state index in [0.717, 1.165) is 0 Å². The summed E-state index contributed by atoms with van der Waals surface area (Å²) in [6, 6.07) is 4.54. The van der Waals surface area contributed by atoms with Crippen molar-refractivity contribution >= 4 is 17.8 Å². The number of hydrogen-bond acceptors (Lipinski definition) is 8. The maximum Gasteiger partial charge on any atom is 0.342 e. The molecule has 9 heteroatoms. The lowest BCUT2D eigenvalue weighted by atomic mass is 9.92. The molecule has 2 aromatic rings. The average molecular weight is 392 g/mol. The van der Waals surface area contributed by atoms with Gasteiger partial charge in [0.2, 0.25) is 5.88 Å². The topological polar surface area (TPSA) is 109 Å². The molecule has 152 valence electrons. The Labute approximate surface area is 162 Å². The number of methoxy groups -OCH3 is 3. The first-order valence-electron chi connectivity index (χ1n) is 8.43. The second-order valence-electron chi connectivity index (χ2n) is 6.86. The van der Waals surface area contributed by atoms with Gasteiger partial charge in [0.1, 0.15) is 11.3 Å². The van der Waals surface area contributed by atoms with Gasteiger partial charge in [0.15, 0.2) is 18.1 Å². The van der Waals surface area contributed by atoms with Gasteiger partial charge in [0, 0.05) is 23.6 Å². The van der Waals surface area contributed by atoms with E-state index in [1.807, 2.05) is 20.8 Å². The predicted octanol–water partition coefficient (Wildman–Crippen LogP) is 2.79. The van der Waals surface area contributed by atoms with Gasteiger partial charge in [-0.25, -0.2) is 4.79 Å². The molecule has 1 amide bonds. The first kappa shape index (κ1) is 21.1. The number of nitrogens with zero attached hydrogens (tertiary/aromatic N) is 1. The van der Waals surface area contributed by atoms with Crippen LogP contribution in [0.15, 0.2) is 22.7 Å². The number of amides is 1. The van der Waals surface area contributed by atoms with Gasteiger partial charge in [-0.1, -0.05) is 25.9 Å². The van der Waals surface area contributed by atoms with Crippen molar-refractivity contribution in [2.45, 2.75) is 26.2 Å². The highest BCUT2D eigenvalue weighted by Crippen LogP contribution is 2.35. The van der Waals surface area contributed by atoms with E-state index >= 15 is 0 Å². The van der Waals surface area contributed by atoms with E-state index in [9.17, 15) is 9.59 Å². The number of hydrogen-bond donors (Lipinski definition) is 1. The summed E-state index contributed by atoms with van der Waals surface area (Å²) >= 11 is 0. The number of aromatic nitrogens is 1. The number of carbonyl (C=O) groups is 2. The van der Waals surface area contributed by atoms with Crippen LogP contribution in [0.4, 0.5) is 5.88 Å². The molecule has 0 saturated carbocycles. The summed E-state index contributed by atoms with van der Waals surface area (Å²) in [5.41, 5.74) is 0.570. The lowest BCUT2D eigenvalue weighted by Crippen LogP contribution is -2.21. The van der Waals surface area contributed by atoms with Gasteiger partial charge in [-0.3, -0.25) is 10.1 Å². The molecule has 0 saturated heterocycles. The van der Waals surface area contributed by atoms with Crippen molar-refractivity contribution in [1.29, 1.82) is 0 Å². The van der Waals surface area contributed by atoms with Crippen molar-refractivity contribution in [3.05, 3.63) is 29.5 Å². The van der Waals surface area contributed by atoms with Gasteiger partial charge in [0.25, 0.3) is 5.91 Å². The standard InChI is InChI=1S/C19H24N2O7/c1-19(2,3)15-9-17(28-21-15)20-16(22)10-27-18(23)11-7-13(25-5)14(26-6)8-12(11)24-4/h7-9H,10H2,1-6H3,(H,20,22).